The lowest BCUT2D eigenvalue weighted by Gasteiger charge is -2.35. The van der Waals surface area contributed by atoms with Gasteiger partial charge in [-0.05, 0) is 31.0 Å². The highest BCUT2D eigenvalue weighted by Gasteiger charge is 2.36. The number of unbranched alkanes of at least 4 members (excludes halogenated alkanes) is 4. The molecule has 0 fully saturated rings. The SMILES string of the molecule is C#CCCCCCCC(C)(C)[Si](C)(C)O. The molecule has 0 aliphatic rings. The van der Waals surface area contributed by atoms with Crippen molar-refractivity contribution < 1.29 is 4.80 Å². The van der Waals surface area contributed by atoms with Crippen molar-refractivity contribution in [2.45, 2.75) is 70.5 Å². The van der Waals surface area contributed by atoms with E-state index in [9.17, 15) is 4.80 Å². The molecule has 0 bridgehead atoms. The molecule has 15 heavy (non-hydrogen) atoms. The first-order valence-electron chi connectivity index (χ1n) is 5.97. The van der Waals surface area contributed by atoms with Gasteiger partial charge in [-0.2, -0.15) is 0 Å². The van der Waals surface area contributed by atoms with Crippen LogP contribution >= 0.6 is 0 Å². The second-order valence-corrected chi connectivity index (χ2v) is 10.0. The summed E-state index contributed by atoms with van der Waals surface area (Å²) in [5.41, 5.74) is 0. The predicted molar refractivity (Wildman–Crippen MR) is 70.3 cm³/mol. The third kappa shape index (κ3) is 6.02. The Hall–Kier alpha value is -0.263. The lowest BCUT2D eigenvalue weighted by atomic mass is 10.0. The Morgan fingerprint density at radius 2 is 1.67 bits per heavy atom. The summed E-state index contributed by atoms with van der Waals surface area (Å²) < 4.78 is 0. The molecule has 0 rings (SSSR count). The van der Waals surface area contributed by atoms with Crippen molar-refractivity contribution in [2.24, 2.45) is 0 Å². The molecule has 0 heterocycles. The summed E-state index contributed by atoms with van der Waals surface area (Å²) in [7, 11) is -1.99. The Balaban J connectivity index is 3.64. The van der Waals surface area contributed by atoms with Crippen molar-refractivity contribution in [3.8, 4) is 12.3 Å². The van der Waals surface area contributed by atoms with Gasteiger partial charge in [0.25, 0.3) is 0 Å². The predicted octanol–water partition coefficient (Wildman–Crippen LogP) is 3.94. The molecule has 0 aromatic carbocycles. The maximum Gasteiger partial charge on any atom is 0.188 e. The Morgan fingerprint density at radius 3 is 2.13 bits per heavy atom. The van der Waals surface area contributed by atoms with E-state index in [1.54, 1.807) is 0 Å². The van der Waals surface area contributed by atoms with Crippen molar-refractivity contribution in [1.82, 2.24) is 0 Å². The normalized spacial score (nSPS) is 12.5. The maximum atomic E-state index is 10.1. The van der Waals surface area contributed by atoms with Gasteiger partial charge in [-0.15, -0.1) is 12.3 Å². The van der Waals surface area contributed by atoms with Gasteiger partial charge in [0.15, 0.2) is 8.32 Å². The van der Waals surface area contributed by atoms with E-state index < -0.39 is 8.32 Å². The molecular formula is C13H26OSi. The van der Waals surface area contributed by atoms with Crippen LogP contribution in [0.4, 0.5) is 0 Å². The van der Waals surface area contributed by atoms with Crippen LogP contribution in [-0.2, 0) is 0 Å². The van der Waals surface area contributed by atoms with E-state index in [1.165, 1.54) is 19.3 Å². The highest BCUT2D eigenvalue weighted by atomic mass is 28.4. The Kier molecular flexibility index (Phi) is 6.24. The lowest BCUT2D eigenvalue weighted by Crippen LogP contribution is -2.38. The van der Waals surface area contributed by atoms with E-state index in [2.05, 4.69) is 19.8 Å². The minimum absolute atomic E-state index is 0.138. The van der Waals surface area contributed by atoms with Crippen molar-refractivity contribution in [3.63, 3.8) is 0 Å². The average Bonchev–Trinajstić information content (AvgIpc) is 2.09. The minimum atomic E-state index is -1.99. The molecule has 0 atom stereocenters. The van der Waals surface area contributed by atoms with Gasteiger partial charge in [0.2, 0.25) is 0 Å². The van der Waals surface area contributed by atoms with E-state index >= 15 is 0 Å². The minimum Gasteiger partial charge on any atom is -0.432 e. The van der Waals surface area contributed by atoms with Crippen LogP contribution in [0.3, 0.4) is 0 Å². The molecule has 0 unspecified atom stereocenters. The first kappa shape index (κ1) is 14.7. The second kappa shape index (κ2) is 6.35. The molecule has 88 valence electrons. The van der Waals surface area contributed by atoms with Gasteiger partial charge in [-0.3, -0.25) is 0 Å². The van der Waals surface area contributed by atoms with Crippen LogP contribution in [0.2, 0.25) is 18.1 Å². The standard InChI is InChI=1S/C13H26OSi/c1-6-7-8-9-10-11-12-13(2,3)15(4,5)14/h1,14H,7-12H2,2-5H3. The molecule has 0 saturated heterocycles. The zero-order chi connectivity index (χ0) is 11.9. The maximum absolute atomic E-state index is 10.1. The largest absolute Gasteiger partial charge is 0.432 e. The summed E-state index contributed by atoms with van der Waals surface area (Å²) in [6, 6.07) is 0. The Bertz CT molecular complexity index is 208. The van der Waals surface area contributed by atoms with E-state index in [0.29, 0.717) is 0 Å². The van der Waals surface area contributed by atoms with Gasteiger partial charge in [0.05, 0.1) is 0 Å². The first-order valence-corrected chi connectivity index (χ1v) is 8.92. The third-order valence-corrected chi connectivity index (χ3v) is 7.09. The summed E-state index contributed by atoms with van der Waals surface area (Å²) in [4.78, 5) is 10.1. The fourth-order valence-electron chi connectivity index (χ4n) is 1.45. The molecule has 0 spiro atoms. The quantitative estimate of drug-likeness (QED) is 0.396. The van der Waals surface area contributed by atoms with Gasteiger partial charge < -0.3 is 4.80 Å². The van der Waals surface area contributed by atoms with Gasteiger partial charge in [0, 0.05) is 6.42 Å². The molecule has 0 amide bonds. The van der Waals surface area contributed by atoms with Gasteiger partial charge >= 0.3 is 0 Å². The highest BCUT2D eigenvalue weighted by molar-refractivity contribution is 6.72. The van der Waals surface area contributed by atoms with Crippen LogP contribution in [0.15, 0.2) is 0 Å². The summed E-state index contributed by atoms with van der Waals surface area (Å²) >= 11 is 0. The molecule has 1 nitrogen and oxygen atoms in total. The van der Waals surface area contributed by atoms with Crippen LogP contribution in [-0.4, -0.2) is 13.1 Å². The molecule has 0 saturated carbocycles. The van der Waals surface area contributed by atoms with Crippen molar-refractivity contribution in [3.05, 3.63) is 0 Å². The summed E-state index contributed by atoms with van der Waals surface area (Å²) in [6.07, 6.45) is 12.1. The van der Waals surface area contributed by atoms with E-state index in [-0.39, 0.29) is 5.04 Å². The fourth-order valence-corrected chi connectivity index (χ4v) is 2.24. The van der Waals surface area contributed by atoms with Crippen molar-refractivity contribution in [1.29, 1.82) is 0 Å². The topological polar surface area (TPSA) is 20.2 Å². The Labute approximate surface area is 96.4 Å². The van der Waals surface area contributed by atoms with Crippen LogP contribution in [0.25, 0.3) is 0 Å². The van der Waals surface area contributed by atoms with E-state index in [1.807, 2.05) is 13.1 Å². The van der Waals surface area contributed by atoms with Crippen molar-refractivity contribution >= 4 is 8.32 Å². The number of hydrogen-bond acceptors (Lipinski definition) is 1. The zero-order valence-corrected chi connectivity index (χ0v) is 11.8. The molecule has 0 aromatic heterocycles. The molecule has 0 radical (unpaired) electrons. The number of rotatable bonds is 7. The second-order valence-electron chi connectivity index (χ2n) is 5.56. The highest BCUT2D eigenvalue weighted by Crippen LogP contribution is 2.40. The molecular weight excluding hydrogens is 200 g/mol. The average molecular weight is 226 g/mol. The van der Waals surface area contributed by atoms with Crippen LogP contribution in [0.1, 0.15) is 52.4 Å². The summed E-state index contributed by atoms with van der Waals surface area (Å²) in [5, 5.41) is 0.138. The molecule has 0 aromatic rings. The summed E-state index contributed by atoms with van der Waals surface area (Å²) in [5.74, 6) is 2.67. The van der Waals surface area contributed by atoms with Crippen LogP contribution in [0.5, 0.6) is 0 Å². The van der Waals surface area contributed by atoms with Crippen molar-refractivity contribution in [2.75, 3.05) is 0 Å². The lowest BCUT2D eigenvalue weighted by molar-refractivity contribution is 0.435. The molecule has 2 heteroatoms. The zero-order valence-electron chi connectivity index (χ0n) is 10.8. The fraction of sp³-hybridized carbons (Fsp3) is 0.846. The monoisotopic (exact) mass is 226 g/mol. The Morgan fingerprint density at radius 1 is 1.13 bits per heavy atom. The van der Waals surface area contributed by atoms with Crippen LogP contribution in [0, 0.1) is 12.3 Å². The number of terminal acetylenes is 1. The molecule has 0 aliphatic carbocycles. The van der Waals surface area contributed by atoms with Gasteiger partial charge in [-0.1, -0.05) is 33.1 Å². The molecule has 0 aliphatic heterocycles. The van der Waals surface area contributed by atoms with Gasteiger partial charge in [-0.25, -0.2) is 0 Å². The van der Waals surface area contributed by atoms with Crippen LogP contribution < -0.4 is 0 Å². The first-order chi connectivity index (χ1) is 6.81. The number of hydrogen-bond donors (Lipinski definition) is 1. The van der Waals surface area contributed by atoms with Gasteiger partial charge in [0.1, 0.15) is 0 Å². The smallest absolute Gasteiger partial charge is 0.188 e. The summed E-state index contributed by atoms with van der Waals surface area (Å²) in [6.45, 7) is 8.46. The van der Waals surface area contributed by atoms with E-state index in [0.717, 1.165) is 19.3 Å². The molecule has 1 N–H and O–H groups in total. The third-order valence-electron chi connectivity index (χ3n) is 3.53. The van der Waals surface area contributed by atoms with E-state index in [4.69, 9.17) is 6.42 Å².